The Morgan fingerprint density at radius 2 is 1.86 bits per heavy atom. The molecule has 0 radical (unpaired) electrons. The zero-order valence-electron chi connectivity index (χ0n) is 16.0. The van der Waals surface area contributed by atoms with E-state index in [1.54, 1.807) is 31.0 Å². The van der Waals surface area contributed by atoms with Crippen LogP contribution in [0.5, 0.6) is 0 Å². The van der Waals surface area contributed by atoms with Crippen LogP contribution in [0.25, 0.3) is 0 Å². The maximum absolute atomic E-state index is 12.9. The molecule has 0 aliphatic rings. The van der Waals surface area contributed by atoms with Crippen LogP contribution in [-0.4, -0.2) is 41.2 Å². The highest BCUT2D eigenvalue weighted by Gasteiger charge is 2.23. The molecule has 28 heavy (non-hydrogen) atoms. The maximum atomic E-state index is 12.9. The monoisotopic (exact) mass is 404 g/mol. The molecule has 3 aromatic rings. The molecule has 11 heteroatoms. The second-order valence-corrected chi connectivity index (χ2v) is 6.68. The molecule has 0 spiro atoms. The van der Waals surface area contributed by atoms with Gasteiger partial charge in [-0.25, -0.2) is 0 Å². The highest BCUT2D eigenvalue weighted by molar-refractivity contribution is 6.30. The molecule has 0 aromatic carbocycles. The van der Waals surface area contributed by atoms with Gasteiger partial charge in [0.15, 0.2) is 0 Å². The predicted molar refractivity (Wildman–Crippen MR) is 104 cm³/mol. The van der Waals surface area contributed by atoms with Crippen molar-refractivity contribution in [3.8, 4) is 0 Å². The van der Waals surface area contributed by atoms with Crippen molar-refractivity contribution in [1.82, 2.24) is 29.3 Å². The van der Waals surface area contributed by atoms with E-state index >= 15 is 0 Å². The van der Waals surface area contributed by atoms with E-state index in [9.17, 15) is 9.59 Å². The van der Waals surface area contributed by atoms with Gasteiger partial charge in [0.25, 0.3) is 5.91 Å². The fourth-order valence-corrected chi connectivity index (χ4v) is 2.79. The number of amides is 2. The van der Waals surface area contributed by atoms with Crippen LogP contribution in [0, 0.1) is 6.92 Å². The number of hydrogen-bond donors (Lipinski definition) is 2. The van der Waals surface area contributed by atoms with Gasteiger partial charge >= 0.3 is 0 Å². The second-order valence-electron chi connectivity index (χ2n) is 6.25. The third kappa shape index (κ3) is 3.77. The highest BCUT2D eigenvalue weighted by Crippen LogP contribution is 2.21. The lowest BCUT2D eigenvalue weighted by molar-refractivity contribution is -0.119. The van der Waals surface area contributed by atoms with Crippen LogP contribution in [0.2, 0.25) is 5.02 Å². The number of rotatable bonds is 6. The van der Waals surface area contributed by atoms with E-state index in [1.807, 2.05) is 13.8 Å². The van der Waals surface area contributed by atoms with Gasteiger partial charge < -0.3 is 10.6 Å². The number of aromatic nitrogens is 6. The SMILES string of the molecule is CCn1ncc(NC(=O)C(C)n2cc(Cl)cn2)c1C(=O)Nc1cnn(C)c1C. The number of aryl methyl sites for hydroxylation is 2. The van der Waals surface area contributed by atoms with Crippen LogP contribution in [0.1, 0.15) is 36.1 Å². The van der Waals surface area contributed by atoms with Crippen LogP contribution in [0.4, 0.5) is 11.4 Å². The van der Waals surface area contributed by atoms with Crippen molar-refractivity contribution >= 4 is 34.8 Å². The Morgan fingerprint density at radius 1 is 1.14 bits per heavy atom. The van der Waals surface area contributed by atoms with Gasteiger partial charge in [0.1, 0.15) is 11.7 Å². The first kappa shape index (κ1) is 19.6. The average Bonchev–Trinajstić information content (AvgIpc) is 3.36. The molecule has 0 fully saturated rings. The summed E-state index contributed by atoms with van der Waals surface area (Å²) in [5.74, 6) is -0.734. The molecule has 2 N–H and O–H groups in total. The van der Waals surface area contributed by atoms with E-state index in [1.165, 1.54) is 21.8 Å². The van der Waals surface area contributed by atoms with Gasteiger partial charge in [0, 0.05) is 19.8 Å². The Morgan fingerprint density at radius 3 is 2.43 bits per heavy atom. The zero-order chi connectivity index (χ0) is 20.4. The molecule has 0 saturated heterocycles. The summed E-state index contributed by atoms with van der Waals surface area (Å²) in [5.41, 5.74) is 1.97. The van der Waals surface area contributed by atoms with Crippen LogP contribution >= 0.6 is 11.6 Å². The lowest BCUT2D eigenvalue weighted by Crippen LogP contribution is -2.26. The van der Waals surface area contributed by atoms with Gasteiger partial charge in [-0.05, 0) is 20.8 Å². The third-order valence-corrected chi connectivity index (χ3v) is 4.64. The summed E-state index contributed by atoms with van der Waals surface area (Å²) in [7, 11) is 1.79. The maximum Gasteiger partial charge on any atom is 0.276 e. The molecule has 0 aliphatic heterocycles. The number of carbonyl (C=O) groups excluding carboxylic acids is 2. The number of nitrogens with zero attached hydrogens (tertiary/aromatic N) is 6. The minimum atomic E-state index is -0.617. The molecular formula is C17H21ClN8O2. The lowest BCUT2D eigenvalue weighted by Gasteiger charge is -2.13. The number of hydrogen-bond acceptors (Lipinski definition) is 5. The molecule has 0 saturated carbocycles. The largest absolute Gasteiger partial charge is 0.321 e. The number of halogens is 1. The molecule has 0 aliphatic carbocycles. The summed E-state index contributed by atoms with van der Waals surface area (Å²) in [6, 6.07) is -0.617. The predicted octanol–water partition coefficient (Wildman–Crippen LogP) is 2.25. The Hall–Kier alpha value is -3.14. The minimum Gasteiger partial charge on any atom is -0.321 e. The van der Waals surface area contributed by atoms with Crippen molar-refractivity contribution in [2.75, 3.05) is 10.6 Å². The number of carbonyl (C=O) groups is 2. The molecule has 3 rings (SSSR count). The summed E-state index contributed by atoms with van der Waals surface area (Å²) >= 11 is 5.86. The second kappa shape index (κ2) is 7.85. The van der Waals surface area contributed by atoms with Crippen molar-refractivity contribution in [3.63, 3.8) is 0 Å². The van der Waals surface area contributed by atoms with Crippen LogP contribution < -0.4 is 10.6 Å². The molecule has 1 atom stereocenters. The summed E-state index contributed by atoms with van der Waals surface area (Å²) in [5, 5.41) is 18.3. The molecule has 3 aromatic heterocycles. The van der Waals surface area contributed by atoms with Crippen molar-refractivity contribution in [2.45, 2.75) is 33.4 Å². The Labute approximate surface area is 166 Å². The van der Waals surface area contributed by atoms with E-state index in [4.69, 9.17) is 11.6 Å². The van der Waals surface area contributed by atoms with Gasteiger partial charge in [0.2, 0.25) is 5.91 Å². The fourth-order valence-electron chi connectivity index (χ4n) is 2.64. The molecule has 1 unspecified atom stereocenters. The average molecular weight is 405 g/mol. The quantitative estimate of drug-likeness (QED) is 0.654. The Bertz CT molecular complexity index is 1020. The fraction of sp³-hybridized carbons (Fsp3) is 0.353. The summed E-state index contributed by atoms with van der Waals surface area (Å²) in [6.45, 7) is 5.86. The van der Waals surface area contributed by atoms with E-state index in [2.05, 4.69) is 25.9 Å². The van der Waals surface area contributed by atoms with E-state index in [0.717, 1.165) is 5.69 Å². The molecule has 148 valence electrons. The summed E-state index contributed by atoms with van der Waals surface area (Å²) < 4.78 is 4.62. The molecule has 3 heterocycles. The molecule has 10 nitrogen and oxygen atoms in total. The standard InChI is InChI=1S/C17H21ClN8O2/c1-5-25-15(17(28)22-13-7-19-24(4)10(13)2)14(8-21-25)23-16(27)11(3)26-9-12(18)6-20-26/h6-9,11H,5H2,1-4H3,(H,22,28)(H,23,27). The van der Waals surface area contributed by atoms with Crippen molar-refractivity contribution in [2.24, 2.45) is 7.05 Å². The first-order valence-electron chi connectivity index (χ1n) is 8.68. The number of anilines is 2. The van der Waals surface area contributed by atoms with Gasteiger partial charge in [-0.1, -0.05) is 11.6 Å². The first-order chi connectivity index (χ1) is 13.3. The van der Waals surface area contributed by atoms with Crippen molar-refractivity contribution < 1.29 is 9.59 Å². The van der Waals surface area contributed by atoms with Gasteiger partial charge in [-0.3, -0.25) is 23.6 Å². The molecule has 2 amide bonds. The smallest absolute Gasteiger partial charge is 0.276 e. The Kier molecular flexibility index (Phi) is 5.50. The Balaban J connectivity index is 1.82. The lowest BCUT2D eigenvalue weighted by atomic mass is 10.2. The molecule has 0 bridgehead atoms. The van der Waals surface area contributed by atoms with Crippen LogP contribution in [0.15, 0.2) is 24.8 Å². The zero-order valence-corrected chi connectivity index (χ0v) is 16.7. The van der Waals surface area contributed by atoms with E-state index in [0.29, 0.717) is 22.9 Å². The molecular weight excluding hydrogens is 384 g/mol. The normalized spacial score (nSPS) is 12.0. The van der Waals surface area contributed by atoms with Crippen molar-refractivity contribution in [3.05, 3.63) is 41.2 Å². The third-order valence-electron chi connectivity index (χ3n) is 4.44. The topological polar surface area (TPSA) is 112 Å². The summed E-state index contributed by atoms with van der Waals surface area (Å²) in [4.78, 5) is 25.5. The van der Waals surface area contributed by atoms with Crippen molar-refractivity contribution in [1.29, 1.82) is 0 Å². The van der Waals surface area contributed by atoms with E-state index < -0.39 is 6.04 Å². The van der Waals surface area contributed by atoms with Crippen LogP contribution in [0.3, 0.4) is 0 Å². The van der Waals surface area contributed by atoms with Gasteiger partial charge in [0.05, 0.1) is 40.7 Å². The summed E-state index contributed by atoms with van der Waals surface area (Å²) in [6.07, 6.45) is 6.03. The van der Waals surface area contributed by atoms with Gasteiger partial charge in [-0.15, -0.1) is 0 Å². The first-order valence-corrected chi connectivity index (χ1v) is 9.05. The number of nitrogens with one attached hydrogen (secondary N) is 2. The van der Waals surface area contributed by atoms with Gasteiger partial charge in [-0.2, -0.15) is 15.3 Å². The van der Waals surface area contributed by atoms with E-state index in [-0.39, 0.29) is 17.5 Å². The van der Waals surface area contributed by atoms with Crippen LogP contribution in [-0.2, 0) is 18.4 Å². The highest BCUT2D eigenvalue weighted by atomic mass is 35.5. The minimum absolute atomic E-state index is 0.254.